The van der Waals surface area contributed by atoms with Crippen LogP contribution in [0.3, 0.4) is 0 Å². The molecule has 0 bridgehead atoms. The van der Waals surface area contributed by atoms with E-state index >= 15 is 0 Å². The summed E-state index contributed by atoms with van der Waals surface area (Å²) < 4.78 is 39.3. The van der Waals surface area contributed by atoms with Crippen LogP contribution in [0.4, 0.5) is 24.0 Å². The van der Waals surface area contributed by atoms with Crippen LogP contribution < -0.4 is 16.2 Å². The van der Waals surface area contributed by atoms with Crippen molar-refractivity contribution in [3.8, 4) is 0 Å². The maximum Gasteiger partial charge on any atom is 0.416 e. The molecule has 0 unspecified atom stereocenters. The molecule has 0 aliphatic heterocycles. The number of anilines is 2. The van der Waals surface area contributed by atoms with Gasteiger partial charge in [-0.2, -0.15) is 17.7 Å². The fourth-order valence-electron chi connectivity index (χ4n) is 3.46. The number of aromatic nitrogens is 3. The van der Waals surface area contributed by atoms with Crippen LogP contribution in [0.2, 0.25) is 0 Å². The number of nitrogens with one attached hydrogen (secondary N) is 2. The number of fused-ring (bicyclic) bond motifs is 2. The van der Waals surface area contributed by atoms with Gasteiger partial charge in [-0.15, -0.1) is 5.10 Å². The van der Waals surface area contributed by atoms with Gasteiger partial charge >= 0.3 is 6.18 Å². The Balaban J connectivity index is 1.30. The second kappa shape index (κ2) is 8.84. The van der Waals surface area contributed by atoms with E-state index in [9.17, 15) is 22.8 Å². The summed E-state index contributed by atoms with van der Waals surface area (Å²) >= 11 is 1.19. The lowest BCUT2D eigenvalue weighted by Crippen LogP contribution is -2.22. The number of hydrogen-bond donors (Lipinski definition) is 2. The number of carbonyl (C=O) groups is 1. The molecule has 2 aromatic heterocycles. The minimum atomic E-state index is -4.41. The first-order valence-electron chi connectivity index (χ1n) is 10.4. The molecule has 176 valence electrons. The quantitative estimate of drug-likeness (QED) is 0.358. The van der Waals surface area contributed by atoms with Gasteiger partial charge in [0.25, 0.3) is 11.5 Å². The summed E-state index contributed by atoms with van der Waals surface area (Å²) in [7, 11) is 0. The third-order valence-corrected chi connectivity index (χ3v) is 6.04. The second-order valence-corrected chi connectivity index (χ2v) is 8.57. The van der Waals surface area contributed by atoms with E-state index in [-0.39, 0.29) is 18.0 Å². The lowest BCUT2D eigenvalue weighted by molar-refractivity contribution is -0.137. The summed E-state index contributed by atoms with van der Waals surface area (Å²) in [6, 6.07) is 18.3. The van der Waals surface area contributed by atoms with Crippen molar-refractivity contribution in [3.63, 3.8) is 0 Å². The summed E-state index contributed by atoms with van der Waals surface area (Å²) in [5, 5.41) is 11.0. The van der Waals surface area contributed by atoms with Crippen LogP contribution in [0.5, 0.6) is 0 Å². The van der Waals surface area contributed by atoms with Crippen LogP contribution >= 0.6 is 11.3 Å². The van der Waals surface area contributed by atoms with Crippen LogP contribution in [0.1, 0.15) is 21.5 Å². The van der Waals surface area contributed by atoms with Crippen LogP contribution in [-0.2, 0) is 12.7 Å². The molecule has 5 rings (SSSR count). The van der Waals surface area contributed by atoms with Crippen molar-refractivity contribution >= 4 is 43.9 Å². The van der Waals surface area contributed by atoms with Crippen molar-refractivity contribution in [1.29, 1.82) is 0 Å². The van der Waals surface area contributed by atoms with Gasteiger partial charge in [-0.1, -0.05) is 41.7 Å². The van der Waals surface area contributed by atoms with E-state index in [0.717, 1.165) is 12.1 Å². The number of nitrogens with zero attached hydrogens (tertiary/aromatic N) is 3. The molecule has 11 heteroatoms. The topological polar surface area (TPSA) is 88.4 Å². The number of amides is 1. The van der Waals surface area contributed by atoms with E-state index in [1.165, 1.54) is 28.0 Å². The van der Waals surface area contributed by atoms with Gasteiger partial charge in [0.15, 0.2) is 0 Å². The lowest BCUT2D eigenvalue weighted by atomic mass is 10.1. The van der Waals surface area contributed by atoms with Crippen LogP contribution in [0, 0.1) is 0 Å². The van der Waals surface area contributed by atoms with Crippen LogP contribution in [0.15, 0.2) is 77.6 Å². The Morgan fingerprint density at radius 3 is 2.54 bits per heavy atom. The zero-order chi connectivity index (χ0) is 24.6. The number of hydrogen-bond acceptors (Lipinski definition) is 6. The Bertz CT molecular complexity index is 1610. The van der Waals surface area contributed by atoms with Gasteiger partial charge in [0, 0.05) is 17.8 Å². The molecule has 0 radical (unpaired) electrons. The Hall–Kier alpha value is -4.25. The fourth-order valence-corrected chi connectivity index (χ4v) is 4.28. The lowest BCUT2D eigenvalue weighted by Gasteiger charge is -2.09. The number of rotatable bonds is 5. The monoisotopic (exact) mass is 495 g/mol. The Labute approximate surface area is 199 Å². The Kier molecular flexibility index (Phi) is 5.69. The minimum Gasteiger partial charge on any atom is -0.348 e. The molecule has 0 aliphatic carbocycles. The number of para-hydroxylation sites is 1. The van der Waals surface area contributed by atoms with E-state index in [2.05, 4.69) is 20.7 Å². The number of carbonyl (C=O) groups excluding carboxylic acids is 1. The fraction of sp³-hybridized carbons (Fsp3) is 0.0833. The highest BCUT2D eigenvalue weighted by Gasteiger charge is 2.29. The third kappa shape index (κ3) is 4.71. The van der Waals surface area contributed by atoms with Gasteiger partial charge in [-0.3, -0.25) is 9.59 Å². The van der Waals surface area contributed by atoms with Crippen LogP contribution in [-0.4, -0.2) is 20.5 Å². The van der Waals surface area contributed by atoms with E-state index in [1.807, 2.05) is 0 Å². The maximum atomic E-state index is 12.7. The molecule has 0 aliphatic rings. The average Bonchev–Trinajstić information content (AvgIpc) is 3.25. The van der Waals surface area contributed by atoms with Crippen molar-refractivity contribution < 1.29 is 18.0 Å². The van der Waals surface area contributed by atoms with E-state index in [4.69, 9.17) is 0 Å². The first-order chi connectivity index (χ1) is 16.8. The molecule has 0 saturated carbocycles. The summed E-state index contributed by atoms with van der Waals surface area (Å²) in [4.78, 5) is 30.2. The van der Waals surface area contributed by atoms with Gasteiger partial charge in [0.05, 0.1) is 16.5 Å². The molecule has 0 spiro atoms. The molecule has 0 saturated heterocycles. The molecule has 1 amide bonds. The standard InChI is InChI=1S/C24H16F3N5O2S/c25-24(26,27)16-10-8-14(9-11-16)13-28-20(33)15-4-3-5-17(12-15)29-22-31-32-21(34)18-6-1-2-7-19(18)30-23(32)35-22/h1-12H,13H2,(H,28,33)(H,29,31). The molecular formula is C24H16F3N5O2S. The van der Waals surface area contributed by atoms with E-state index in [0.29, 0.717) is 37.8 Å². The minimum absolute atomic E-state index is 0.0780. The van der Waals surface area contributed by atoms with Gasteiger partial charge in [0.2, 0.25) is 10.1 Å². The molecule has 0 atom stereocenters. The Morgan fingerprint density at radius 2 is 1.77 bits per heavy atom. The van der Waals surface area contributed by atoms with E-state index < -0.39 is 11.7 Å². The third-order valence-electron chi connectivity index (χ3n) is 5.21. The summed E-state index contributed by atoms with van der Waals surface area (Å²) in [5.41, 5.74) is 1.03. The van der Waals surface area contributed by atoms with Gasteiger partial charge in [0.1, 0.15) is 0 Å². The summed E-state index contributed by atoms with van der Waals surface area (Å²) in [6.07, 6.45) is -4.41. The average molecular weight is 495 g/mol. The first-order valence-corrected chi connectivity index (χ1v) is 11.2. The predicted molar refractivity (Wildman–Crippen MR) is 127 cm³/mol. The summed E-state index contributed by atoms with van der Waals surface area (Å²) in [5.74, 6) is -0.387. The first kappa shape index (κ1) is 22.5. The molecule has 2 heterocycles. The molecule has 5 aromatic rings. The van der Waals surface area contributed by atoms with Gasteiger partial charge < -0.3 is 10.6 Å². The molecule has 7 nitrogen and oxygen atoms in total. The molecule has 2 N–H and O–H groups in total. The van der Waals surface area contributed by atoms with Crippen molar-refractivity contribution in [3.05, 3.63) is 99.8 Å². The van der Waals surface area contributed by atoms with Crippen molar-refractivity contribution in [1.82, 2.24) is 19.9 Å². The number of benzene rings is 3. The van der Waals surface area contributed by atoms with Crippen molar-refractivity contribution in [2.24, 2.45) is 0 Å². The second-order valence-electron chi connectivity index (χ2n) is 7.62. The smallest absolute Gasteiger partial charge is 0.348 e. The zero-order valence-electron chi connectivity index (χ0n) is 17.8. The molecule has 0 fully saturated rings. The largest absolute Gasteiger partial charge is 0.416 e. The molecular weight excluding hydrogens is 479 g/mol. The predicted octanol–water partition coefficient (Wildman–Crippen LogP) is 5.00. The maximum absolute atomic E-state index is 12.7. The van der Waals surface area contributed by atoms with Crippen LogP contribution in [0.25, 0.3) is 15.9 Å². The van der Waals surface area contributed by atoms with Gasteiger partial charge in [-0.05, 0) is 48.0 Å². The zero-order valence-corrected chi connectivity index (χ0v) is 18.7. The van der Waals surface area contributed by atoms with E-state index in [1.54, 1.807) is 48.5 Å². The summed E-state index contributed by atoms with van der Waals surface area (Å²) in [6.45, 7) is 0.0780. The van der Waals surface area contributed by atoms with Crippen molar-refractivity contribution in [2.45, 2.75) is 12.7 Å². The number of halogens is 3. The molecule has 35 heavy (non-hydrogen) atoms. The highest BCUT2D eigenvalue weighted by Crippen LogP contribution is 2.29. The highest BCUT2D eigenvalue weighted by atomic mass is 32.1. The number of alkyl halides is 3. The molecule has 3 aromatic carbocycles. The van der Waals surface area contributed by atoms with Gasteiger partial charge in [-0.25, -0.2) is 4.98 Å². The highest BCUT2D eigenvalue weighted by molar-refractivity contribution is 7.20. The SMILES string of the molecule is O=C(NCc1ccc(C(F)(F)F)cc1)c1cccc(Nc2nn3c(=O)c4ccccc4nc3s2)c1. The normalized spacial score (nSPS) is 11.6. The Morgan fingerprint density at radius 1 is 1.00 bits per heavy atom. The van der Waals surface area contributed by atoms with Crippen molar-refractivity contribution in [2.75, 3.05) is 5.32 Å².